The van der Waals surface area contributed by atoms with Crippen LogP contribution in [0.1, 0.15) is 26.0 Å². The molecule has 1 aromatic carbocycles. The molecule has 0 saturated heterocycles. The highest BCUT2D eigenvalue weighted by atomic mass is 16.6. The fraction of sp³-hybridized carbons (Fsp3) is 0.385. The van der Waals surface area contributed by atoms with Gasteiger partial charge in [-0.2, -0.15) is 0 Å². The number of hydrogen-bond donors (Lipinski definition) is 0. The maximum absolute atomic E-state index is 10.7. The van der Waals surface area contributed by atoms with Gasteiger partial charge in [0.15, 0.2) is 0 Å². The summed E-state index contributed by atoms with van der Waals surface area (Å²) >= 11 is 0. The van der Waals surface area contributed by atoms with E-state index in [9.17, 15) is 10.1 Å². The van der Waals surface area contributed by atoms with Gasteiger partial charge in [-0.15, -0.1) is 0 Å². The largest absolute Gasteiger partial charge is 0.344 e. The second-order valence-corrected chi connectivity index (χ2v) is 5.32. The lowest BCUT2D eigenvalue weighted by molar-refractivity contribution is -0.384. The summed E-state index contributed by atoms with van der Waals surface area (Å²) in [6.07, 6.45) is 1.13. The van der Waals surface area contributed by atoms with Crippen molar-refractivity contribution in [2.75, 3.05) is 0 Å². The molecule has 2 heterocycles. The zero-order valence-corrected chi connectivity index (χ0v) is 9.93. The number of nitro groups is 1. The van der Waals surface area contributed by atoms with Crippen LogP contribution in [0, 0.1) is 10.1 Å². The summed E-state index contributed by atoms with van der Waals surface area (Å²) in [5, 5.41) is 11.7. The van der Waals surface area contributed by atoms with Crippen molar-refractivity contribution in [2.24, 2.45) is 0 Å². The number of benzene rings is 1. The van der Waals surface area contributed by atoms with Gasteiger partial charge in [-0.05, 0) is 18.6 Å². The zero-order valence-electron chi connectivity index (χ0n) is 9.93. The maximum Gasteiger partial charge on any atom is 0.270 e. The molecule has 3 rings (SSSR count). The summed E-state index contributed by atoms with van der Waals surface area (Å²) in [5.41, 5.74) is 2.73. The van der Waals surface area contributed by atoms with Crippen LogP contribution < -0.4 is 0 Å². The molecule has 0 amide bonds. The molecular weight excluding hydrogens is 216 g/mol. The number of hydrogen-bond acceptors (Lipinski definition) is 2. The molecule has 0 radical (unpaired) electrons. The topological polar surface area (TPSA) is 48.1 Å². The molecule has 17 heavy (non-hydrogen) atoms. The van der Waals surface area contributed by atoms with Crippen LogP contribution in [-0.2, 0) is 12.0 Å². The third-order valence-corrected chi connectivity index (χ3v) is 3.75. The lowest BCUT2D eigenvalue weighted by Crippen LogP contribution is -2.11. The Morgan fingerprint density at radius 2 is 2.12 bits per heavy atom. The lowest BCUT2D eigenvalue weighted by Gasteiger charge is -2.15. The van der Waals surface area contributed by atoms with Crippen LogP contribution in [0.3, 0.4) is 0 Å². The fourth-order valence-corrected chi connectivity index (χ4v) is 2.69. The second kappa shape index (κ2) is 3.09. The SMILES string of the molecule is CC1(C)CCn2c1cc1cc([N+](=O)[O-])ccc12. The summed E-state index contributed by atoms with van der Waals surface area (Å²) in [5.74, 6) is 0. The van der Waals surface area contributed by atoms with Gasteiger partial charge in [0.05, 0.1) is 4.92 Å². The number of rotatable bonds is 1. The zero-order chi connectivity index (χ0) is 12.2. The van der Waals surface area contributed by atoms with E-state index in [1.807, 2.05) is 6.07 Å². The van der Waals surface area contributed by atoms with Crippen molar-refractivity contribution in [1.82, 2.24) is 4.57 Å². The van der Waals surface area contributed by atoms with Crippen LogP contribution >= 0.6 is 0 Å². The van der Waals surface area contributed by atoms with Crippen molar-refractivity contribution in [3.05, 3.63) is 40.1 Å². The number of nitro benzene ring substituents is 1. The minimum atomic E-state index is -0.340. The Morgan fingerprint density at radius 1 is 1.35 bits per heavy atom. The van der Waals surface area contributed by atoms with Gasteiger partial charge in [0.25, 0.3) is 5.69 Å². The van der Waals surface area contributed by atoms with E-state index in [1.54, 1.807) is 12.1 Å². The van der Waals surface area contributed by atoms with Crippen LogP contribution in [0.4, 0.5) is 5.69 Å². The predicted octanol–water partition coefficient (Wildman–Crippen LogP) is 3.23. The van der Waals surface area contributed by atoms with Gasteiger partial charge in [0.1, 0.15) is 0 Å². The number of aryl methyl sites for hydroxylation is 1. The summed E-state index contributed by atoms with van der Waals surface area (Å²) in [6.45, 7) is 5.45. The summed E-state index contributed by atoms with van der Waals surface area (Å²) < 4.78 is 2.28. The van der Waals surface area contributed by atoms with Crippen molar-refractivity contribution in [1.29, 1.82) is 0 Å². The molecule has 0 unspecified atom stereocenters. The molecule has 2 aromatic rings. The normalized spacial score (nSPS) is 17.3. The van der Waals surface area contributed by atoms with Crippen LogP contribution in [0.25, 0.3) is 10.9 Å². The van der Waals surface area contributed by atoms with Gasteiger partial charge in [-0.3, -0.25) is 10.1 Å². The van der Waals surface area contributed by atoms with Gasteiger partial charge in [0.2, 0.25) is 0 Å². The third kappa shape index (κ3) is 1.37. The van der Waals surface area contributed by atoms with Crippen molar-refractivity contribution < 1.29 is 4.92 Å². The second-order valence-electron chi connectivity index (χ2n) is 5.32. The van der Waals surface area contributed by atoms with Gasteiger partial charge in [-0.25, -0.2) is 0 Å². The van der Waals surface area contributed by atoms with E-state index in [0.29, 0.717) is 0 Å². The van der Waals surface area contributed by atoms with Crippen molar-refractivity contribution in [3.8, 4) is 0 Å². The van der Waals surface area contributed by atoms with Crippen LogP contribution in [0.5, 0.6) is 0 Å². The molecule has 1 aromatic heterocycles. The van der Waals surface area contributed by atoms with Gasteiger partial charge >= 0.3 is 0 Å². The molecule has 0 N–H and O–H groups in total. The third-order valence-electron chi connectivity index (χ3n) is 3.75. The molecule has 88 valence electrons. The molecule has 4 nitrogen and oxygen atoms in total. The molecule has 0 spiro atoms. The first-order chi connectivity index (χ1) is 7.99. The standard InChI is InChI=1S/C13H14N2O2/c1-13(2)5-6-14-11-4-3-10(15(16)17)7-9(11)8-12(13)14/h3-4,7-8H,5-6H2,1-2H3. The Labute approximate surface area is 99.0 Å². The van der Waals surface area contributed by atoms with Crippen molar-refractivity contribution in [2.45, 2.75) is 32.2 Å². The first-order valence-corrected chi connectivity index (χ1v) is 5.77. The van der Waals surface area contributed by atoms with E-state index < -0.39 is 0 Å². The quantitative estimate of drug-likeness (QED) is 0.557. The molecule has 4 heteroatoms. The Bertz CT molecular complexity index is 626. The minimum absolute atomic E-state index is 0.166. The molecule has 1 aliphatic heterocycles. The average molecular weight is 230 g/mol. The highest BCUT2D eigenvalue weighted by Gasteiger charge is 2.31. The molecular formula is C13H14N2O2. The van der Waals surface area contributed by atoms with Crippen LogP contribution in [-0.4, -0.2) is 9.49 Å². The van der Waals surface area contributed by atoms with E-state index in [0.717, 1.165) is 23.9 Å². The number of aromatic nitrogens is 1. The predicted molar refractivity (Wildman–Crippen MR) is 66.2 cm³/mol. The Kier molecular flexibility index (Phi) is 1.88. The maximum atomic E-state index is 10.7. The minimum Gasteiger partial charge on any atom is -0.344 e. The smallest absolute Gasteiger partial charge is 0.270 e. The summed E-state index contributed by atoms with van der Waals surface area (Å²) in [4.78, 5) is 10.4. The molecule has 0 aliphatic carbocycles. The van der Waals surface area contributed by atoms with Gasteiger partial charge < -0.3 is 4.57 Å². The molecule has 0 saturated carbocycles. The van der Waals surface area contributed by atoms with E-state index in [-0.39, 0.29) is 16.0 Å². The Balaban J connectivity index is 2.26. The van der Waals surface area contributed by atoms with Gasteiger partial charge in [0, 0.05) is 40.7 Å². The fourth-order valence-electron chi connectivity index (χ4n) is 2.69. The summed E-state index contributed by atoms with van der Waals surface area (Å²) in [6, 6.07) is 7.20. The monoisotopic (exact) mass is 230 g/mol. The van der Waals surface area contributed by atoms with Gasteiger partial charge in [-0.1, -0.05) is 13.8 Å². The van der Waals surface area contributed by atoms with Crippen LogP contribution in [0.15, 0.2) is 24.3 Å². The van der Waals surface area contributed by atoms with E-state index in [2.05, 4.69) is 24.5 Å². The summed E-state index contributed by atoms with van der Waals surface area (Å²) in [7, 11) is 0. The molecule has 1 aliphatic rings. The van der Waals surface area contributed by atoms with E-state index >= 15 is 0 Å². The first kappa shape index (κ1) is 10.3. The van der Waals surface area contributed by atoms with Crippen molar-refractivity contribution >= 4 is 16.6 Å². The highest BCUT2D eigenvalue weighted by Crippen LogP contribution is 2.39. The molecule has 0 fully saturated rings. The Morgan fingerprint density at radius 3 is 2.82 bits per heavy atom. The first-order valence-electron chi connectivity index (χ1n) is 5.77. The van der Waals surface area contributed by atoms with E-state index in [1.165, 1.54) is 5.69 Å². The van der Waals surface area contributed by atoms with Crippen LogP contribution in [0.2, 0.25) is 0 Å². The number of nitrogens with zero attached hydrogens (tertiary/aromatic N) is 2. The highest BCUT2D eigenvalue weighted by molar-refractivity contribution is 5.84. The number of fused-ring (bicyclic) bond motifs is 3. The average Bonchev–Trinajstić information content (AvgIpc) is 2.76. The Hall–Kier alpha value is -1.84. The lowest BCUT2D eigenvalue weighted by atomic mass is 9.88. The van der Waals surface area contributed by atoms with Crippen molar-refractivity contribution in [3.63, 3.8) is 0 Å². The molecule has 0 atom stereocenters. The number of non-ortho nitro benzene ring substituents is 1. The molecule has 0 bridgehead atoms. The van der Waals surface area contributed by atoms with E-state index in [4.69, 9.17) is 0 Å².